The van der Waals surface area contributed by atoms with Gasteiger partial charge in [0.05, 0.1) is 7.11 Å². The Labute approximate surface area is 102 Å². The van der Waals surface area contributed by atoms with Gasteiger partial charge in [0, 0.05) is 12.2 Å². The maximum absolute atomic E-state index is 11.5. The van der Waals surface area contributed by atoms with Gasteiger partial charge in [0.25, 0.3) is 0 Å². The molecule has 88 valence electrons. The third-order valence-corrected chi connectivity index (χ3v) is 2.81. The Kier molecular flexibility index (Phi) is 4.62. The second-order valence-corrected chi connectivity index (χ2v) is 3.71. The van der Waals surface area contributed by atoms with Gasteiger partial charge >= 0.3 is 5.97 Å². The molecule has 0 amide bonds. The van der Waals surface area contributed by atoms with Crippen molar-refractivity contribution in [2.45, 2.75) is 18.9 Å². The number of carbonyl (C=O) groups excluding carboxylic acids is 1. The van der Waals surface area contributed by atoms with Crippen molar-refractivity contribution in [1.29, 1.82) is 0 Å². The molecule has 2 rings (SSSR count). The molecule has 16 heavy (non-hydrogen) atoms. The highest BCUT2D eigenvalue weighted by molar-refractivity contribution is 5.85. The number of carbonyl (C=O) groups is 1. The molecule has 0 bridgehead atoms. The van der Waals surface area contributed by atoms with Crippen molar-refractivity contribution in [3.8, 4) is 0 Å². The molecule has 1 fully saturated rings. The molecule has 1 aromatic rings. The summed E-state index contributed by atoms with van der Waals surface area (Å²) < 4.78 is 4.81. The molecule has 0 spiro atoms. The molecule has 4 heteroatoms. The molecule has 1 atom stereocenters. The van der Waals surface area contributed by atoms with Gasteiger partial charge in [-0.25, -0.2) is 4.79 Å². The second-order valence-electron chi connectivity index (χ2n) is 3.71. The molecule has 1 heterocycles. The average molecular weight is 242 g/mol. The number of halogens is 1. The lowest BCUT2D eigenvalue weighted by Gasteiger charge is -2.24. The summed E-state index contributed by atoms with van der Waals surface area (Å²) in [7, 11) is 1.45. The number of ether oxygens (including phenoxy) is 1. The number of hydrogen-bond donors (Lipinski definition) is 0. The van der Waals surface area contributed by atoms with Gasteiger partial charge in [-0.15, -0.1) is 12.4 Å². The zero-order chi connectivity index (χ0) is 10.7. The van der Waals surface area contributed by atoms with Crippen LogP contribution in [0.5, 0.6) is 0 Å². The number of hydrogen-bond acceptors (Lipinski definition) is 3. The van der Waals surface area contributed by atoms with Crippen molar-refractivity contribution in [3.63, 3.8) is 0 Å². The maximum atomic E-state index is 11.5. The van der Waals surface area contributed by atoms with E-state index in [-0.39, 0.29) is 24.4 Å². The predicted octanol–water partition coefficient (Wildman–Crippen LogP) is 2.25. The number of nitrogens with zero attached hydrogens (tertiary/aromatic N) is 1. The van der Waals surface area contributed by atoms with E-state index in [9.17, 15) is 4.79 Å². The maximum Gasteiger partial charge on any atom is 0.328 e. The fourth-order valence-corrected chi connectivity index (χ4v) is 2.08. The normalized spacial score (nSPS) is 19.1. The topological polar surface area (TPSA) is 29.5 Å². The van der Waals surface area contributed by atoms with Gasteiger partial charge in [0.2, 0.25) is 0 Å². The third-order valence-electron chi connectivity index (χ3n) is 2.81. The number of esters is 1. The summed E-state index contributed by atoms with van der Waals surface area (Å²) in [6, 6.07) is 9.91. The van der Waals surface area contributed by atoms with Crippen molar-refractivity contribution < 1.29 is 9.53 Å². The Balaban J connectivity index is 0.00000128. The summed E-state index contributed by atoms with van der Waals surface area (Å²) in [5.41, 5.74) is 1.10. The van der Waals surface area contributed by atoms with Crippen LogP contribution in [0.3, 0.4) is 0 Å². The van der Waals surface area contributed by atoms with Crippen LogP contribution in [0, 0.1) is 0 Å². The highest BCUT2D eigenvalue weighted by Crippen LogP contribution is 2.25. The Morgan fingerprint density at radius 2 is 2.06 bits per heavy atom. The van der Waals surface area contributed by atoms with Gasteiger partial charge in [-0.1, -0.05) is 18.2 Å². The van der Waals surface area contributed by atoms with Crippen LogP contribution in [-0.2, 0) is 9.53 Å². The van der Waals surface area contributed by atoms with Crippen LogP contribution in [0.1, 0.15) is 12.8 Å². The first-order valence-corrected chi connectivity index (χ1v) is 5.22. The van der Waals surface area contributed by atoms with Crippen molar-refractivity contribution in [2.24, 2.45) is 0 Å². The van der Waals surface area contributed by atoms with E-state index < -0.39 is 0 Å². The highest BCUT2D eigenvalue weighted by atomic mass is 35.5. The first-order chi connectivity index (χ1) is 7.33. The van der Waals surface area contributed by atoms with Crippen LogP contribution >= 0.6 is 12.4 Å². The van der Waals surface area contributed by atoms with Gasteiger partial charge in [-0.05, 0) is 25.0 Å². The molecule has 1 aromatic carbocycles. The van der Waals surface area contributed by atoms with Crippen LogP contribution in [0.4, 0.5) is 5.69 Å². The molecule has 0 radical (unpaired) electrons. The molecule has 0 aliphatic carbocycles. The second kappa shape index (κ2) is 5.75. The van der Waals surface area contributed by atoms with E-state index in [0.29, 0.717) is 0 Å². The zero-order valence-corrected chi connectivity index (χ0v) is 10.1. The summed E-state index contributed by atoms with van der Waals surface area (Å²) in [5.74, 6) is -0.128. The third kappa shape index (κ3) is 2.47. The fourth-order valence-electron chi connectivity index (χ4n) is 2.08. The van der Waals surface area contributed by atoms with Crippen molar-refractivity contribution in [3.05, 3.63) is 30.3 Å². The lowest BCUT2D eigenvalue weighted by atomic mass is 10.2. The molecule has 1 aliphatic rings. The lowest BCUT2D eigenvalue weighted by molar-refractivity contribution is -0.141. The number of rotatable bonds is 2. The van der Waals surface area contributed by atoms with Gasteiger partial charge in [0.15, 0.2) is 0 Å². The zero-order valence-electron chi connectivity index (χ0n) is 9.26. The minimum atomic E-state index is -0.128. The summed E-state index contributed by atoms with van der Waals surface area (Å²) in [4.78, 5) is 13.7. The van der Waals surface area contributed by atoms with Gasteiger partial charge < -0.3 is 9.64 Å². The van der Waals surface area contributed by atoms with Crippen LogP contribution in [-0.4, -0.2) is 25.7 Å². The van der Waals surface area contributed by atoms with E-state index in [1.54, 1.807) is 0 Å². The summed E-state index contributed by atoms with van der Waals surface area (Å²) in [6.45, 7) is 0.934. The average Bonchev–Trinajstić information content (AvgIpc) is 2.78. The van der Waals surface area contributed by atoms with E-state index >= 15 is 0 Å². The number of anilines is 1. The van der Waals surface area contributed by atoms with E-state index in [1.165, 1.54) is 7.11 Å². The van der Waals surface area contributed by atoms with Crippen LogP contribution in [0.2, 0.25) is 0 Å². The molecule has 0 aromatic heterocycles. The van der Waals surface area contributed by atoms with Crippen LogP contribution in [0.25, 0.3) is 0 Å². The molecule has 1 aliphatic heterocycles. The molecule has 3 nitrogen and oxygen atoms in total. The SMILES string of the molecule is COC(=O)C1CCCN1c1ccccc1.Cl. The minimum Gasteiger partial charge on any atom is -0.467 e. The molecule has 0 N–H and O–H groups in total. The largest absolute Gasteiger partial charge is 0.467 e. The van der Waals surface area contributed by atoms with E-state index in [4.69, 9.17) is 4.74 Å². The number of methoxy groups -OCH3 is 1. The van der Waals surface area contributed by atoms with Crippen molar-refractivity contribution in [1.82, 2.24) is 0 Å². The van der Waals surface area contributed by atoms with Crippen molar-refractivity contribution in [2.75, 3.05) is 18.6 Å². The Morgan fingerprint density at radius 3 is 2.69 bits per heavy atom. The van der Waals surface area contributed by atoms with E-state index in [1.807, 2.05) is 30.3 Å². The summed E-state index contributed by atoms with van der Waals surface area (Å²) >= 11 is 0. The smallest absolute Gasteiger partial charge is 0.328 e. The van der Waals surface area contributed by atoms with E-state index in [2.05, 4.69) is 4.90 Å². The molecule has 0 saturated carbocycles. The van der Waals surface area contributed by atoms with Crippen LogP contribution < -0.4 is 4.90 Å². The Morgan fingerprint density at radius 1 is 1.38 bits per heavy atom. The molecular weight excluding hydrogens is 226 g/mol. The summed E-state index contributed by atoms with van der Waals surface area (Å²) in [5, 5.41) is 0. The lowest BCUT2D eigenvalue weighted by Crippen LogP contribution is -2.36. The predicted molar refractivity (Wildman–Crippen MR) is 66.1 cm³/mol. The van der Waals surface area contributed by atoms with E-state index in [0.717, 1.165) is 25.1 Å². The van der Waals surface area contributed by atoms with Gasteiger partial charge in [-0.3, -0.25) is 0 Å². The molecule has 1 unspecified atom stereocenters. The quantitative estimate of drug-likeness (QED) is 0.744. The van der Waals surface area contributed by atoms with Crippen LogP contribution in [0.15, 0.2) is 30.3 Å². The Hall–Kier alpha value is -1.22. The fraction of sp³-hybridized carbons (Fsp3) is 0.417. The number of benzene rings is 1. The summed E-state index contributed by atoms with van der Waals surface area (Å²) in [6.07, 6.45) is 1.94. The first kappa shape index (κ1) is 12.8. The van der Waals surface area contributed by atoms with Gasteiger partial charge in [-0.2, -0.15) is 0 Å². The minimum absolute atomic E-state index is 0. The van der Waals surface area contributed by atoms with Gasteiger partial charge in [0.1, 0.15) is 6.04 Å². The monoisotopic (exact) mass is 241 g/mol. The highest BCUT2D eigenvalue weighted by Gasteiger charge is 2.31. The molecule has 1 saturated heterocycles. The standard InChI is InChI=1S/C12H15NO2.ClH/c1-15-12(14)11-8-5-9-13(11)10-6-3-2-4-7-10;/h2-4,6-7,11H,5,8-9H2,1H3;1H. The Bertz CT molecular complexity index is 342. The van der Waals surface area contributed by atoms with Crippen molar-refractivity contribution >= 4 is 24.1 Å². The molecular formula is C12H16ClNO2. The number of para-hydroxylation sites is 1. The first-order valence-electron chi connectivity index (χ1n) is 5.22.